The number of sulfonamides is 1. The molecule has 0 radical (unpaired) electrons. The Hall–Kier alpha value is -2.45. The van der Waals surface area contributed by atoms with Crippen LogP contribution in [0.3, 0.4) is 0 Å². The first kappa shape index (κ1) is 20.9. The summed E-state index contributed by atoms with van der Waals surface area (Å²) in [6.07, 6.45) is 0.165. The van der Waals surface area contributed by atoms with E-state index in [9.17, 15) is 18.0 Å². The van der Waals surface area contributed by atoms with Crippen molar-refractivity contribution in [2.45, 2.75) is 37.6 Å². The van der Waals surface area contributed by atoms with Gasteiger partial charge in [0.15, 0.2) is 0 Å². The first-order chi connectivity index (χ1) is 12.7. The Bertz CT molecular complexity index is 925. The second-order valence-corrected chi connectivity index (χ2v) is 8.51. The van der Waals surface area contributed by atoms with Crippen LogP contribution < -0.4 is 10.0 Å². The summed E-state index contributed by atoms with van der Waals surface area (Å²) in [5.41, 5.74) is 0. The molecule has 0 heterocycles. The van der Waals surface area contributed by atoms with E-state index in [0.717, 1.165) is 10.8 Å². The van der Waals surface area contributed by atoms with Gasteiger partial charge in [0, 0.05) is 13.0 Å². The molecule has 1 amide bonds. The lowest BCUT2D eigenvalue weighted by Crippen LogP contribution is -2.42. The van der Waals surface area contributed by atoms with Gasteiger partial charge in [-0.1, -0.05) is 44.2 Å². The van der Waals surface area contributed by atoms with Crippen molar-refractivity contribution in [1.29, 1.82) is 0 Å². The number of hydrogen-bond acceptors (Lipinski definition) is 4. The van der Waals surface area contributed by atoms with Gasteiger partial charge in [-0.2, -0.15) is 0 Å². The number of carboxylic acids is 1. The molecular formula is C19H24N2O5S. The summed E-state index contributed by atoms with van der Waals surface area (Å²) < 4.78 is 27.2. The predicted molar refractivity (Wildman–Crippen MR) is 103 cm³/mol. The van der Waals surface area contributed by atoms with E-state index in [1.54, 1.807) is 12.1 Å². The molecule has 2 aromatic rings. The van der Waals surface area contributed by atoms with Gasteiger partial charge in [0.1, 0.15) is 6.04 Å². The van der Waals surface area contributed by atoms with E-state index in [-0.39, 0.29) is 23.8 Å². The molecule has 27 heavy (non-hydrogen) atoms. The molecule has 0 fully saturated rings. The van der Waals surface area contributed by atoms with Crippen LogP contribution in [-0.4, -0.2) is 38.0 Å². The van der Waals surface area contributed by atoms with Crippen LogP contribution >= 0.6 is 0 Å². The molecule has 3 N–H and O–H groups in total. The lowest BCUT2D eigenvalue weighted by Gasteiger charge is -2.16. The maximum atomic E-state index is 12.4. The van der Waals surface area contributed by atoms with Crippen LogP contribution in [0.2, 0.25) is 0 Å². The quantitative estimate of drug-likeness (QED) is 0.605. The van der Waals surface area contributed by atoms with Crippen LogP contribution in [0.4, 0.5) is 0 Å². The summed E-state index contributed by atoms with van der Waals surface area (Å²) in [6.45, 7) is 3.61. The fourth-order valence-electron chi connectivity index (χ4n) is 2.68. The third-order valence-corrected chi connectivity index (χ3v) is 5.47. The van der Waals surface area contributed by atoms with E-state index in [0.29, 0.717) is 6.42 Å². The maximum Gasteiger partial charge on any atom is 0.326 e. The molecule has 8 heteroatoms. The Balaban J connectivity index is 1.94. The van der Waals surface area contributed by atoms with Crippen molar-refractivity contribution in [2.24, 2.45) is 5.92 Å². The molecule has 0 aliphatic rings. The first-order valence-electron chi connectivity index (χ1n) is 8.69. The Morgan fingerprint density at radius 2 is 1.74 bits per heavy atom. The van der Waals surface area contributed by atoms with E-state index < -0.39 is 27.9 Å². The van der Waals surface area contributed by atoms with E-state index in [1.807, 2.05) is 38.1 Å². The zero-order valence-corrected chi connectivity index (χ0v) is 16.1. The third-order valence-electron chi connectivity index (χ3n) is 4.02. The highest BCUT2D eigenvalue weighted by Crippen LogP contribution is 2.18. The highest BCUT2D eigenvalue weighted by molar-refractivity contribution is 7.89. The van der Waals surface area contributed by atoms with E-state index in [2.05, 4.69) is 10.0 Å². The van der Waals surface area contributed by atoms with Crippen molar-refractivity contribution >= 4 is 32.7 Å². The maximum absolute atomic E-state index is 12.4. The second-order valence-electron chi connectivity index (χ2n) is 6.74. The van der Waals surface area contributed by atoms with Gasteiger partial charge in [-0.25, -0.2) is 17.9 Å². The van der Waals surface area contributed by atoms with Gasteiger partial charge in [0.2, 0.25) is 15.9 Å². The molecule has 0 spiro atoms. The number of aliphatic carboxylic acids is 1. The SMILES string of the molecule is CC(C)C[C@@H](NC(=O)CCNS(=O)(=O)c1ccc2ccccc2c1)C(=O)O. The van der Waals surface area contributed by atoms with Crippen LogP contribution in [0.5, 0.6) is 0 Å². The molecule has 0 unspecified atom stereocenters. The normalized spacial score (nSPS) is 12.9. The van der Waals surface area contributed by atoms with Crippen molar-refractivity contribution in [1.82, 2.24) is 10.0 Å². The number of benzene rings is 2. The molecule has 0 saturated carbocycles. The van der Waals surface area contributed by atoms with Crippen molar-refractivity contribution in [3.63, 3.8) is 0 Å². The Labute approximate surface area is 158 Å². The number of amides is 1. The second kappa shape index (κ2) is 8.96. The fourth-order valence-corrected chi connectivity index (χ4v) is 3.74. The fraction of sp³-hybridized carbons (Fsp3) is 0.368. The Morgan fingerprint density at radius 1 is 1.07 bits per heavy atom. The number of fused-ring (bicyclic) bond motifs is 1. The molecule has 2 rings (SSSR count). The molecule has 7 nitrogen and oxygen atoms in total. The zero-order chi connectivity index (χ0) is 20.0. The lowest BCUT2D eigenvalue weighted by atomic mass is 10.0. The van der Waals surface area contributed by atoms with Crippen LogP contribution in [0.1, 0.15) is 26.7 Å². The van der Waals surface area contributed by atoms with E-state index >= 15 is 0 Å². The van der Waals surface area contributed by atoms with Crippen LogP contribution in [0.25, 0.3) is 10.8 Å². The molecule has 0 aromatic heterocycles. The van der Waals surface area contributed by atoms with Crippen molar-refractivity contribution in [3.05, 3.63) is 42.5 Å². The molecule has 0 saturated heterocycles. The summed E-state index contributed by atoms with van der Waals surface area (Å²) >= 11 is 0. The Kier molecular flexibility index (Phi) is 6.92. The number of nitrogens with one attached hydrogen (secondary N) is 2. The van der Waals surface area contributed by atoms with Gasteiger partial charge < -0.3 is 10.4 Å². The monoisotopic (exact) mass is 392 g/mol. The summed E-state index contributed by atoms with van der Waals surface area (Å²) in [6, 6.07) is 11.2. The average molecular weight is 392 g/mol. The van der Waals surface area contributed by atoms with Gasteiger partial charge in [-0.3, -0.25) is 4.79 Å². The first-order valence-corrected chi connectivity index (χ1v) is 10.2. The van der Waals surface area contributed by atoms with Crippen molar-refractivity contribution in [2.75, 3.05) is 6.54 Å². The zero-order valence-electron chi connectivity index (χ0n) is 15.3. The summed E-state index contributed by atoms with van der Waals surface area (Å²) in [5, 5.41) is 13.3. The third kappa shape index (κ3) is 6.04. The van der Waals surface area contributed by atoms with E-state index in [1.165, 1.54) is 6.07 Å². The van der Waals surface area contributed by atoms with Crippen LogP contribution in [0.15, 0.2) is 47.4 Å². The number of carboxylic acid groups (broad SMARTS) is 1. The minimum absolute atomic E-state index is 0.109. The number of carbonyl (C=O) groups excluding carboxylic acids is 1. The van der Waals surface area contributed by atoms with Crippen LogP contribution in [0, 0.1) is 5.92 Å². The largest absolute Gasteiger partial charge is 0.480 e. The highest BCUT2D eigenvalue weighted by atomic mass is 32.2. The van der Waals surface area contributed by atoms with Gasteiger partial charge in [-0.15, -0.1) is 0 Å². The van der Waals surface area contributed by atoms with Crippen molar-refractivity contribution < 1.29 is 23.1 Å². The Morgan fingerprint density at radius 3 is 2.37 bits per heavy atom. The molecule has 0 aliphatic carbocycles. The minimum Gasteiger partial charge on any atom is -0.480 e. The molecule has 0 bridgehead atoms. The average Bonchev–Trinajstić information content (AvgIpc) is 2.60. The molecule has 0 aliphatic heterocycles. The van der Waals surface area contributed by atoms with E-state index in [4.69, 9.17) is 5.11 Å². The molecule has 2 aromatic carbocycles. The molecular weight excluding hydrogens is 368 g/mol. The van der Waals surface area contributed by atoms with Crippen LogP contribution in [-0.2, 0) is 19.6 Å². The summed E-state index contributed by atoms with van der Waals surface area (Å²) in [5.74, 6) is -1.50. The number of rotatable bonds is 9. The topological polar surface area (TPSA) is 113 Å². The standard InChI is InChI=1S/C19H24N2O5S/c1-13(2)11-17(19(23)24)21-18(22)9-10-20-27(25,26)16-8-7-14-5-3-4-6-15(14)12-16/h3-8,12-13,17,20H,9-11H2,1-2H3,(H,21,22)(H,23,24)/t17-/m1/s1. The minimum atomic E-state index is -3.76. The van der Waals surface area contributed by atoms with Gasteiger partial charge >= 0.3 is 5.97 Å². The lowest BCUT2D eigenvalue weighted by molar-refractivity contribution is -0.142. The summed E-state index contributed by atoms with van der Waals surface area (Å²) in [4.78, 5) is 23.2. The molecule has 146 valence electrons. The molecule has 1 atom stereocenters. The van der Waals surface area contributed by atoms with Gasteiger partial charge in [-0.05, 0) is 35.2 Å². The van der Waals surface area contributed by atoms with Gasteiger partial charge in [0.25, 0.3) is 0 Å². The number of hydrogen-bond donors (Lipinski definition) is 3. The summed E-state index contributed by atoms with van der Waals surface area (Å²) in [7, 11) is -3.76. The van der Waals surface area contributed by atoms with Gasteiger partial charge in [0.05, 0.1) is 4.90 Å². The predicted octanol–water partition coefficient (Wildman–Crippen LogP) is 2.12. The van der Waals surface area contributed by atoms with Crippen molar-refractivity contribution in [3.8, 4) is 0 Å². The number of carbonyl (C=O) groups is 2. The smallest absolute Gasteiger partial charge is 0.326 e. The highest BCUT2D eigenvalue weighted by Gasteiger charge is 2.21.